The minimum Gasteiger partial charge on any atom is -0.439 e. The number of ether oxygens (including phenoxy) is 1. The van der Waals surface area contributed by atoms with Gasteiger partial charge in [0.25, 0.3) is 0 Å². The summed E-state index contributed by atoms with van der Waals surface area (Å²) in [5, 5.41) is 0.788. The van der Waals surface area contributed by atoms with Crippen LogP contribution in [-0.2, 0) is 4.79 Å². The van der Waals surface area contributed by atoms with E-state index in [0.717, 1.165) is 46.4 Å². The second kappa shape index (κ2) is 11.0. The van der Waals surface area contributed by atoms with Crippen LogP contribution in [0.5, 0.6) is 11.6 Å². The van der Waals surface area contributed by atoms with Crippen LogP contribution in [0, 0.1) is 24.7 Å². The van der Waals surface area contributed by atoms with Gasteiger partial charge < -0.3 is 19.9 Å². The molecule has 1 fully saturated rings. The molecule has 1 aromatic carbocycles. The van der Waals surface area contributed by atoms with Crippen molar-refractivity contribution in [3.05, 3.63) is 72.8 Å². The summed E-state index contributed by atoms with van der Waals surface area (Å²) in [4.78, 5) is 27.1. The first-order chi connectivity index (χ1) is 18.9. The van der Waals surface area contributed by atoms with E-state index in [1.165, 1.54) is 12.4 Å². The van der Waals surface area contributed by atoms with Gasteiger partial charge in [0, 0.05) is 42.4 Å². The van der Waals surface area contributed by atoms with E-state index >= 15 is 0 Å². The Labute approximate surface area is 228 Å². The van der Waals surface area contributed by atoms with E-state index in [2.05, 4.69) is 51.8 Å². The first-order valence-corrected chi connectivity index (χ1v) is 13.1. The lowest BCUT2D eigenvalue weighted by Gasteiger charge is -2.28. The fourth-order valence-corrected chi connectivity index (χ4v) is 4.99. The van der Waals surface area contributed by atoms with Crippen LogP contribution in [0.1, 0.15) is 44.1 Å². The molecule has 0 bridgehead atoms. The van der Waals surface area contributed by atoms with Crippen molar-refractivity contribution in [2.24, 2.45) is 5.92 Å². The summed E-state index contributed by atoms with van der Waals surface area (Å²) in [5.41, 5.74) is 10.8. The number of carbonyl (C=O) groups is 1. The van der Waals surface area contributed by atoms with Crippen LogP contribution in [0.2, 0.25) is 0 Å². The van der Waals surface area contributed by atoms with Gasteiger partial charge in [-0.2, -0.15) is 0 Å². The molecule has 8 heteroatoms. The van der Waals surface area contributed by atoms with Gasteiger partial charge in [0.1, 0.15) is 29.2 Å². The largest absolute Gasteiger partial charge is 0.439 e. The number of anilines is 1. The summed E-state index contributed by atoms with van der Waals surface area (Å²) in [5.74, 6) is 8.79. The number of aryl methyl sites for hydroxylation is 1. The molecule has 0 unspecified atom stereocenters. The quantitative estimate of drug-likeness (QED) is 0.274. The molecule has 5 rings (SSSR count). The van der Waals surface area contributed by atoms with E-state index in [0.29, 0.717) is 30.5 Å². The van der Waals surface area contributed by atoms with Crippen LogP contribution >= 0.6 is 0 Å². The number of nitrogen functional groups attached to an aromatic ring is 1. The summed E-state index contributed by atoms with van der Waals surface area (Å²) in [6.07, 6.45) is 4.52. The molecule has 2 N–H and O–H groups in total. The van der Waals surface area contributed by atoms with Crippen LogP contribution in [0.4, 0.5) is 5.82 Å². The van der Waals surface area contributed by atoms with Gasteiger partial charge in [-0.25, -0.2) is 15.0 Å². The maximum atomic E-state index is 12.0. The zero-order chi connectivity index (χ0) is 27.5. The van der Waals surface area contributed by atoms with E-state index < -0.39 is 0 Å². The van der Waals surface area contributed by atoms with E-state index in [9.17, 15) is 4.79 Å². The van der Waals surface area contributed by atoms with Gasteiger partial charge in [-0.05, 0) is 69.4 Å². The Morgan fingerprint density at radius 3 is 2.56 bits per heavy atom. The molecule has 198 valence electrons. The molecule has 0 spiro atoms. The van der Waals surface area contributed by atoms with Crippen molar-refractivity contribution >= 4 is 22.8 Å². The number of piperidine rings is 1. The van der Waals surface area contributed by atoms with Gasteiger partial charge in [0.2, 0.25) is 11.8 Å². The minimum atomic E-state index is -0.0247. The number of carbonyl (C=O) groups excluding carboxylic acids is 1. The van der Waals surface area contributed by atoms with Crippen molar-refractivity contribution in [2.45, 2.75) is 39.7 Å². The van der Waals surface area contributed by atoms with Gasteiger partial charge in [-0.15, -0.1) is 0 Å². The second-order valence-electron chi connectivity index (χ2n) is 9.96. The Kier molecular flexibility index (Phi) is 7.33. The van der Waals surface area contributed by atoms with Crippen molar-refractivity contribution < 1.29 is 9.53 Å². The van der Waals surface area contributed by atoms with Gasteiger partial charge in [-0.3, -0.25) is 4.79 Å². The monoisotopic (exact) mass is 520 g/mol. The molecular weight excluding hydrogens is 488 g/mol. The van der Waals surface area contributed by atoms with E-state index in [1.54, 1.807) is 0 Å². The first kappa shape index (κ1) is 26.0. The summed E-state index contributed by atoms with van der Waals surface area (Å²) >= 11 is 0. The summed E-state index contributed by atoms with van der Waals surface area (Å²) in [6.45, 7) is 11.1. The first-order valence-electron chi connectivity index (χ1n) is 13.1. The van der Waals surface area contributed by atoms with Gasteiger partial charge in [-0.1, -0.05) is 30.7 Å². The number of hydrogen-bond acceptors (Lipinski definition) is 6. The highest BCUT2D eigenvalue weighted by Gasteiger charge is 2.24. The van der Waals surface area contributed by atoms with Gasteiger partial charge in [0.05, 0.1) is 5.39 Å². The molecule has 1 aliphatic rings. The average molecular weight is 521 g/mol. The maximum Gasteiger partial charge on any atom is 0.245 e. The Morgan fingerprint density at radius 1 is 1.15 bits per heavy atom. The van der Waals surface area contributed by atoms with Crippen LogP contribution in [-0.4, -0.2) is 43.4 Å². The third kappa shape index (κ3) is 5.34. The fourth-order valence-electron chi connectivity index (χ4n) is 4.99. The van der Waals surface area contributed by atoms with Crippen LogP contribution in [0.25, 0.3) is 22.2 Å². The topological polar surface area (TPSA) is 99.2 Å². The van der Waals surface area contributed by atoms with E-state index in [-0.39, 0.29) is 17.9 Å². The number of likely N-dealkylation sites (tertiary alicyclic amines) is 1. The molecule has 0 aliphatic carbocycles. The summed E-state index contributed by atoms with van der Waals surface area (Å²) in [7, 11) is 0. The lowest BCUT2D eigenvalue weighted by molar-refractivity contribution is -0.127. The number of rotatable bonds is 5. The fraction of sp³-hybridized carbons (Fsp3) is 0.290. The van der Waals surface area contributed by atoms with Crippen LogP contribution in [0.15, 0.2) is 61.4 Å². The molecule has 3 aromatic heterocycles. The highest BCUT2D eigenvalue weighted by Crippen LogP contribution is 2.39. The third-order valence-corrected chi connectivity index (χ3v) is 6.93. The number of benzene rings is 1. The molecule has 39 heavy (non-hydrogen) atoms. The number of nitrogens with zero attached hydrogens (tertiary/aromatic N) is 5. The molecule has 1 amide bonds. The van der Waals surface area contributed by atoms with Gasteiger partial charge in [0.15, 0.2) is 0 Å². The molecule has 1 saturated heterocycles. The normalized spacial score (nSPS) is 13.8. The Hall–Kier alpha value is -4.64. The van der Waals surface area contributed by atoms with Crippen molar-refractivity contribution in [3.8, 4) is 34.6 Å². The van der Waals surface area contributed by atoms with E-state index in [1.807, 2.05) is 54.3 Å². The molecule has 8 nitrogen and oxygen atoms in total. The van der Waals surface area contributed by atoms with Gasteiger partial charge >= 0.3 is 0 Å². The predicted octanol–water partition coefficient (Wildman–Crippen LogP) is 5.53. The standard InChI is InChI=1S/C31H32N6O2/c1-5-27(38)36-17-15-22(16-18-36)9-14-25-28(29-30(32)33-19-34-31(29)37(25)20(2)3)23-10-12-24(13-11-23)39-26-8-6-7-21(4)35-26/h5-8,10-13,19-20,22H,1,15-18H2,2-4H3,(H2,32,33,34). The molecule has 0 radical (unpaired) electrons. The van der Waals surface area contributed by atoms with Crippen molar-refractivity contribution in [2.75, 3.05) is 18.8 Å². The average Bonchev–Trinajstić information content (AvgIpc) is 3.28. The van der Waals surface area contributed by atoms with E-state index in [4.69, 9.17) is 10.5 Å². The smallest absolute Gasteiger partial charge is 0.245 e. The number of aromatic nitrogens is 4. The lowest BCUT2D eigenvalue weighted by Crippen LogP contribution is -2.37. The summed E-state index contributed by atoms with van der Waals surface area (Å²) < 4.78 is 8.10. The zero-order valence-corrected chi connectivity index (χ0v) is 22.5. The summed E-state index contributed by atoms with van der Waals surface area (Å²) in [6, 6.07) is 13.6. The highest BCUT2D eigenvalue weighted by atomic mass is 16.5. The molecule has 4 heterocycles. The van der Waals surface area contributed by atoms with Crippen molar-refractivity contribution in [3.63, 3.8) is 0 Å². The maximum absolute atomic E-state index is 12.0. The molecule has 4 aromatic rings. The zero-order valence-electron chi connectivity index (χ0n) is 22.5. The highest BCUT2D eigenvalue weighted by molar-refractivity contribution is 6.03. The molecule has 0 saturated carbocycles. The van der Waals surface area contributed by atoms with Crippen molar-refractivity contribution in [1.29, 1.82) is 0 Å². The SMILES string of the molecule is C=CC(=O)N1CCC(C#Cc2c(-c3ccc(Oc4cccc(C)n4)cc3)c3c(N)ncnc3n2C(C)C)CC1. The van der Waals surface area contributed by atoms with Crippen LogP contribution < -0.4 is 10.5 Å². The second-order valence-corrected chi connectivity index (χ2v) is 9.96. The Morgan fingerprint density at radius 2 is 1.90 bits per heavy atom. The number of nitrogens with two attached hydrogens (primary N) is 1. The predicted molar refractivity (Wildman–Crippen MR) is 153 cm³/mol. The minimum absolute atomic E-state index is 0.0247. The lowest BCUT2D eigenvalue weighted by atomic mass is 9.96. The molecule has 0 atom stereocenters. The number of fused-ring (bicyclic) bond motifs is 1. The number of pyridine rings is 1. The number of amides is 1. The van der Waals surface area contributed by atoms with Crippen LogP contribution in [0.3, 0.4) is 0 Å². The van der Waals surface area contributed by atoms with Crippen molar-refractivity contribution in [1.82, 2.24) is 24.4 Å². The third-order valence-electron chi connectivity index (χ3n) is 6.93. The Bertz CT molecular complexity index is 1590. The molecule has 1 aliphatic heterocycles. The number of hydrogen-bond donors (Lipinski definition) is 1. The molecular formula is C31H32N6O2. The Balaban J connectivity index is 1.54.